The molecule has 27 heavy (non-hydrogen) atoms. The molecule has 1 heterocycles. The molecule has 1 saturated heterocycles. The molecule has 5 nitrogen and oxygen atoms in total. The van der Waals surface area contributed by atoms with Crippen LogP contribution in [0.5, 0.6) is 0 Å². The predicted molar refractivity (Wildman–Crippen MR) is 101 cm³/mol. The molecule has 3 rings (SSSR count). The van der Waals surface area contributed by atoms with Crippen molar-refractivity contribution in [2.75, 3.05) is 32.7 Å². The van der Waals surface area contributed by atoms with E-state index in [2.05, 4.69) is 22.3 Å². The van der Waals surface area contributed by atoms with Crippen LogP contribution in [0, 0.1) is 5.82 Å². The molecule has 2 amide bonds. The van der Waals surface area contributed by atoms with Crippen molar-refractivity contribution in [3.63, 3.8) is 0 Å². The Morgan fingerprint density at radius 1 is 0.889 bits per heavy atom. The van der Waals surface area contributed by atoms with Gasteiger partial charge in [-0.3, -0.25) is 14.5 Å². The molecule has 0 radical (unpaired) electrons. The van der Waals surface area contributed by atoms with Crippen molar-refractivity contribution in [2.45, 2.75) is 13.0 Å². The number of rotatable bonds is 6. The second kappa shape index (κ2) is 9.28. The smallest absolute Gasteiger partial charge is 0.242 e. The van der Waals surface area contributed by atoms with E-state index in [4.69, 9.17) is 0 Å². The van der Waals surface area contributed by atoms with Crippen LogP contribution in [0.2, 0.25) is 0 Å². The minimum atomic E-state index is -0.333. The Hall–Kier alpha value is -2.73. The molecule has 6 heteroatoms. The maximum Gasteiger partial charge on any atom is 0.242 e. The van der Waals surface area contributed by atoms with Crippen molar-refractivity contribution in [3.8, 4) is 0 Å². The largest absolute Gasteiger partial charge is 0.347 e. The highest BCUT2D eigenvalue weighted by molar-refractivity contribution is 5.85. The predicted octanol–water partition coefficient (Wildman–Crippen LogP) is 1.83. The van der Waals surface area contributed by atoms with Crippen LogP contribution in [0.3, 0.4) is 0 Å². The molecule has 0 atom stereocenters. The van der Waals surface area contributed by atoms with E-state index < -0.39 is 0 Å². The number of piperazine rings is 1. The van der Waals surface area contributed by atoms with Gasteiger partial charge in [0, 0.05) is 32.7 Å². The van der Waals surface area contributed by atoms with Gasteiger partial charge in [0.05, 0.1) is 13.0 Å². The van der Waals surface area contributed by atoms with Crippen LogP contribution >= 0.6 is 0 Å². The summed E-state index contributed by atoms with van der Waals surface area (Å²) in [6, 6.07) is 16.1. The van der Waals surface area contributed by atoms with Crippen molar-refractivity contribution in [2.24, 2.45) is 0 Å². The van der Waals surface area contributed by atoms with E-state index in [9.17, 15) is 14.0 Å². The molecule has 0 unspecified atom stereocenters. The average molecular weight is 369 g/mol. The third-order valence-corrected chi connectivity index (χ3v) is 4.69. The molecule has 1 fully saturated rings. The normalized spacial score (nSPS) is 14.8. The second-order valence-corrected chi connectivity index (χ2v) is 6.72. The van der Waals surface area contributed by atoms with E-state index in [0.717, 1.165) is 25.2 Å². The fourth-order valence-electron chi connectivity index (χ4n) is 3.13. The van der Waals surface area contributed by atoms with E-state index in [-0.39, 0.29) is 30.6 Å². The van der Waals surface area contributed by atoms with Gasteiger partial charge in [0.2, 0.25) is 11.8 Å². The second-order valence-electron chi connectivity index (χ2n) is 6.72. The summed E-state index contributed by atoms with van der Waals surface area (Å²) in [5, 5.41) is 2.66. The van der Waals surface area contributed by atoms with Crippen molar-refractivity contribution >= 4 is 11.8 Å². The molecule has 1 N–H and O–H groups in total. The van der Waals surface area contributed by atoms with E-state index >= 15 is 0 Å². The Morgan fingerprint density at radius 3 is 2.22 bits per heavy atom. The number of nitrogens with one attached hydrogen (secondary N) is 1. The van der Waals surface area contributed by atoms with Crippen LogP contribution in [0.1, 0.15) is 11.1 Å². The van der Waals surface area contributed by atoms with Gasteiger partial charge in [-0.05, 0) is 23.3 Å². The summed E-state index contributed by atoms with van der Waals surface area (Å²) in [7, 11) is 0. The lowest BCUT2D eigenvalue weighted by Gasteiger charge is -2.34. The number of nitrogens with zero attached hydrogens (tertiary/aromatic N) is 2. The monoisotopic (exact) mass is 369 g/mol. The van der Waals surface area contributed by atoms with Crippen molar-refractivity contribution in [1.29, 1.82) is 0 Å². The first-order valence-corrected chi connectivity index (χ1v) is 9.15. The molecule has 0 spiro atoms. The summed E-state index contributed by atoms with van der Waals surface area (Å²) in [6.45, 7) is 3.86. The van der Waals surface area contributed by atoms with Gasteiger partial charge >= 0.3 is 0 Å². The number of hydrogen-bond donors (Lipinski definition) is 1. The van der Waals surface area contributed by atoms with Crippen molar-refractivity contribution < 1.29 is 14.0 Å². The highest BCUT2D eigenvalue weighted by Crippen LogP contribution is 2.08. The molecule has 142 valence electrons. The molecule has 0 bridgehead atoms. The quantitative estimate of drug-likeness (QED) is 0.845. The van der Waals surface area contributed by atoms with Crippen molar-refractivity contribution in [3.05, 3.63) is 71.5 Å². The summed E-state index contributed by atoms with van der Waals surface area (Å²) in [4.78, 5) is 28.4. The number of amides is 2. The van der Waals surface area contributed by atoms with Crippen molar-refractivity contribution in [1.82, 2.24) is 15.1 Å². The Morgan fingerprint density at radius 2 is 1.56 bits per heavy atom. The molecule has 0 aliphatic carbocycles. The first-order chi connectivity index (χ1) is 13.1. The summed E-state index contributed by atoms with van der Waals surface area (Å²) < 4.78 is 12.9. The third-order valence-electron chi connectivity index (χ3n) is 4.69. The highest BCUT2D eigenvalue weighted by Gasteiger charge is 2.21. The molecule has 2 aromatic rings. The van der Waals surface area contributed by atoms with Gasteiger partial charge in [-0.25, -0.2) is 4.39 Å². The van der Waals surface area contributed by atoms with Gasteiger partial charge in [-0.2, -0.15) is 0 Å². The fourth-order valence-corrected chi connectivity index (χ4v) is 3.13. The number of benzene rings is 2. The average Bonchev–Trinajstić information content (AvgIpc) is 2.69. The van der Waals surface area contributed by atoms with Crippen LogP contribution < -0.4 is 5.32 Å². The molecule has 0 saturated carbocycles. The van der Waals surface area contributed by atoms with Crippen LogP contribution in [0.4, 0.5) is 4.39 Å². The summed E-state index contributed by atoms with van der Waals surface area (Å²) >= 11 is 0. The Bertz CT molecular complexity index is 757. The lowest BCUT2D eigenvalue weighted by atomic mass is 10.1. The standard InChI is InChI=1S/C21H24FN3O2/c22-19-8-6-17(7-9-19)14-20(26)23-15-21(27)25-12-10-24(11-13-25)16-18-4-2-1-3-5-18/h1-9H,10-16H2,(H,23,26). The van der Waals surface area contributed by atoms with E-state index in [0.29, 0.717) is 13.1 Å². The maximum absolute atomic E-state index is 12.9. The van der Waals surface area contributed by atoms with E-state index in [1.165, 1.54) is 17.7 Å². The lowest BCUT2D eigenvalue weighted by Crippen LogP contribution is -2.50. The summed E-state index contributed by atoms with van der Waals surface area (Å²) in [6.07, 6.45) is 0.137. The first kappa shape index (κ1) is 19.0. The lowest BCUT2D eigenvalue weighted by molar-refractivity contribution is -0.134. The van der Waals surface area contributed by atoms with E-state index in [1.54, 1.807) is 17.0 Å². The SMILES string of the molecule is O=C(Cc1ccc(F)cc1)NCC(=O)N1CCN(Cc2ccccc2)CC1. The third kappa shape index (κ3) is 5.89. The molecule has 1 aliphatic rings. The van der Waals surface area contributed by atoms with Gasteiger partial charge in [0.15, 0.2) is 0 Å². The summed E-state index contributed by atoms with van der Waals surface area (Å²) in [5.74, 6) is -0.639. The first-order valence-electron chi connectivity index (χ1n) is 9.15. The van der Waals surface area contributed by atoms with Gasteiger partial charge in [0.25, 0.3) is 0 Å². The zero-order valence-corrected chi connectivity index (χ0v) is 15.2. The zero-order chi connectivity index (χ0) is 19.1. The number of carbonyl (C=O) groups is 2. The molecular weight excluding hydrogens is 345 g/mol. The Labute approximate surface area is 158 Å². The number of halogens is 1. The zero-order valence-electron chi connectivity index (χ0n) is 15.2. The Balaban J connectivity index is 1.37. The summed E-state index contributed by atoms with van der Waals surface area (Å²) in [5.41, 5.74) is 1.99. The van der Waals surface area contributed by atoms with Crippen LogP contribution in [-0.2, 0) is 22.6 Å². The van der Waals surface area contributed by atoms with Crippen LogP contribution in [0.25, 0.3) is 0 Å². The fraction of sp³-hybridized carbons (Fsp3) is 0.333. The van der Waals surface area contributed by atoms with Gasteiger partial charge in [-0.1, -0.05) is 42.5 Å². The topological polar surface area (TPSA) is 52.7 Å². The highest BCUT2D eigenvalue weighted by atomic mass is 19.1. The molecular formula is C21H24FN3O2. The maximum atomic E-state index is 12.9. The minimum Gasteiger partial charge on any atom is -0.347 e. The Kier molecular flexibility index (Phi) is 6.54. The van der Waals surface area contributed by atoms with Crippen LogP contribution in [-0.4, -0.2) is 54.3 Å². The molecule has 0 aromatic heterocycles. The molecule has 2 aromatic carbocycles. The number of carbonyl (C=O) groups excluding carboxylic acids is 2. The van der Waals surface area contributed by atoms with E-state index in [1.807, 2.05) is 18.2 Å². The van der Waals surface area contributed by atoms with Gasteiger partial charge < -0.3 is 10.2 Å². The van der Waals surface area contributed by atoms with Gasteiger partial charge in [0.1, 0.15) is 5.82 Å². The number of hydrogen-bond acceptors (Lipinski definition) is 3. The van der Waals surface area contributed by atoms with Crippen LogP contribution in [0.15, 0.2) is 54.6 Å². The molecule has 1 aliphatic heterocycles. The minimum absolute atomic E-state index is 0.00128. The van der Waals surface area contributed by atoms with Gasteiger partial charge in [-0.15, -0.1) is 0 Å².